The number of anilines is 2. The predicted molar refractivity (Wildman–Crippen MR) is 214 cm³/mol. The van der Waals surface area contributed by atoms with E-state index < -0.39 is 50.1 Å². The van der Waals surface area contributed by atoms with Gasteiger partial charge in [0.15, 0.2) is 0 Å². The Morgan fingerprint density at radius 3 is 1.39 bits per heavy atom. The van der Waals surface area contributed by atoms with Crippen LogP contribution in [0.15, 0.2) is 84.9 Å². The zero-order valence-electron chi connectivity index (χ0n) is 31.7. The smallest absolute Gasteiger partial charge is 0.323 e. The van der Waals surface area contributed by atoms with E-state index in [4.69, 9.17) is 9.47 Å². The van der Waals surface area contributed by atoms with Gasteiger partial charge in [-0.05, 0) is 94.5 Å². The summed E-state index contributed by atoms with van der Waals surface area (Å²) in [5.74, 6) is -4.34. The van der Waals surface area contributed by atoms with Crippen molar-refractivity contribution >= 4 is 56.8 Å². The molecule has 0 heterocycles. The third-order valence-electron chi connectivity index (χ3n) is 9.54. The van der Waals surface area contributed by atoms with Gasteiger partial charge in [0.05, 0.1) is 11.4 Å². The molecule has 0 unspecified atom stereocenters. The van der Waals surface area contributed by atoms with Crippen LogP contribution in [0.3, 0.4) is 0 Å². The lowest BCUT2D eigenvalue weighted by Gasteiger charge is -2.25. The zero-order chi connectivity index (χ0) is 40.4. The third kappa shape index (κ3) is 10.2. The maximum absolute atomic E-state index is 11.9. The van der Waals surface area contributed by atoms with Gasteiger partial charge in [0, 0.05) is 6.54 Å². The quantitative estimate of drug-likeness (QED) is 0.0495. The van der Waals surface area contributed by atoms with Crippen molar-refractivity contribution in [2.75, 3.05) is 62.3 Å². The molecule has 294 valence electrons. The first-order chi connectivity index (χ1) is 26.9. The van der Waals surface area contributed by atoms with Crippen LogP contribution in [0.4, 0.5) is 11.4 Å². The second-order valence-electron chi connectivity index (χ2n) is 13.4. The summed E-state index contributed by atoms with van der Waals surface area (Å²) >= 11 is 0. The molecule has 0 saturated heterocycles. The van der Waals surface area contributed by atoms with Gasteiger partial charge in [0.2, 0.25) is 0 Å². The van der Waals surface area contributed by atoms with Crippen molar-refractivity contribution in [1.29, 1.82) is 0 Å². The molecule has 0 amide bonds. The molecule has 0 aromatic heterocycles. The fourth-order valence-corrected chi connectivity index (χ4v) is 7.00. The Morgan fingerprint density at radius 2 is 0.964 bits per heavy atom. The summed E-state index contributed by atoms with van der Waals surface area (Å²) in [5, 5.41) is 42.8. The number of rotatable bonds is 21. The summed E-state index contributed by atoms with van der Waals surface area (Å²) in [5.41, 5.74) is 4.55. The van der Waals surface area contributed by atoms with Gasteiger partial charge in [-0.2, -0.15) is 0 Å². The second-order valence-corrected chi connectivity index (χ2v) is 13.4. The Morgan fingerprint density at radius 1 is 0.554 bits per heavy atom. The van der Waals surface area contributed by atoms with Gasteiger partial charge in [0.25, 0.3) is 0 Å². The number of carboxylic acids is 4. The number of benzene rings is 5. The van der Waals surface area contributed by atoms with E-state index in [1.165, 1.54) is 15.4 Å². The molecule has 0 aliphatic heterocycles. The minimum atomic E-state index is -1.22. The molecule has 5 aromatic rings. The molecule has 0 saturated carbocycles. The van der Waals surface area contributed by atoms with E-state index >= 15 is 0 Å². The van der Waals surface area contributed by atoms with E-state index in [-0.39, 0.29) is 36.1 Å². The molecule has 0 fully saturated rings. The molecular formula is C43H47N3O10. The van der Waals surface area contributed by atoms with E-state index in [0.717, 1.165) is 57.9 Å². The lowest BCUT2D eigenvalue weighted by Crippen LogP contribution is -2.35. The Balaban J connectivity index is 1.51. The average molecular weight is 766 g/mol. The summed E-state index contributed by atoms with van der Waals surface area (Å²) in [7, 11) is 0. The lowest BCUT2D eigenvalue weighted by atomic mass is 9.88. The van der Waals surface area contributed by atoms with Crippen LogP contribution in [-0.2, 0) is 32.1 Å². The van der Waals surface area contributed by atoms with E-state index in [1.807, 2.05) is 37.3 Å². The first-order valence-corrected chi connectivity index (χ1v) is 18.4. The molecule has 0 aliphatic carbocycles. The van der Waals surface area contributed by atoms with Crippen LogP contribution < -0.4 is 19.3 Å². The van der Waals surface area contributed by atoms with Crippen LogP contribution in [0.1, 0.15) is 36.1 Å². The van der Waals surface area contributed by atoms with Gasteiger partial charge >= 0.3 is 23.9 Å². The minimum absolute atomic E-state index is 0.0603. The Labute approximate surface area is 324 Å². The SMILES string of the molecule is CCN(CC)Cc1c2ccccc2c(Cc2ccc(N(CC(=O)O)CC(=O)O)c(OCCOc3cc(C)ccc3N(CC(=O)O)CC(=O)O)c2)c2ccccc12. The second kappa shape index (κ2) is 18.8. The molecule has 4 N–H and O–H groups in total. The predicted octanol–water partition coefficient (Wildman–Crippen LogP) is 6.14. The molecule has 0 radical (unpaired) electrons. The highest BCUT2D eigenvalue weighted by molar-refractivity contribution is 6.06. The zero-order valence-corrected chi connectivity index (χ0v) is 31.7. The van der Waals surface area contributed by atoms with Crippen molar-refractivity contribution in [3.8, 4) is 11.5 Å². The van der Waals surface area contributed by atoms with Crippen molar-refractivity contribution < 1.29 is 49.1 Å². The van der Waals surface area contributed by atoms with Gasteiger partial charge in [-0.1, -0.05) is 74.5 Å². The van der Waals surface area contributed by atoms with Gasteiger partial charge in [0.1, 0.15) is 50.9 Å². The van der Waals surface area contributed by atoms with E-state index in [0.29, 0.717) is 6.42 Å². The summed E-state index contributed by atoms with van der Waals surface area (Å²) in [6.07, 6.45) is 0.493. The minimum Gasteiger partial charge on any atom is -0.488 e. The number of aliphatic carboxylic acids is 4. The number of ether oxygens (including phenoxy) is 2. The summed E-state index contributed by atoms with van der Waals surface area (Å²) < 4.78 is 12.3. The first-order valence-electron chi connectivity index (χ1n) is 18.4. The average Bonchev–Trinajstić information content (AvgIpc) is 3.15. The Kier molecular flexibility index (Phi) is 13.7. The molecule has 0 aliphatic rings. The van der Waals surface area contributed by atoms with Gasteiger partial charge in [-0.3, -0.25) is 24.1 Å². The molecular weight excluding hydrogens is 718 g/mol. The Bertz CT molecular complexity index is 2130. The fraction of sp³-hybridized carbons (Fsp3) is 0.302. The highest BCUT2D eigenvalue weighted by atomic mass is 16.5. The van der Waals surface area contributed by atoms with E-state index in [9.17, 15) is 39.6 Å². The van der Waals surface area contributed by atoms with Crippen molar-refractivity contribution in [3.63, 3.8) is 0 Å². The monoisotopic (exact) mass is 765 g/mol. The standard InChI is InChI=1S/C43H47N3O10/c1-4-44(5-2)23-35-32-12-8-6-10-30(32)34(31-11-7-9-13-33(31)35)21-29-15-17-37(46(26-42(51)52)27-43(53)54)39(22-29)56-19-18-55-38-20-28(3)14-16-36(38)45(24-40(47)48)25-41(49)50/h6-17,20,22H,4-5,18-19,21,23-27H2,1-3H3,(H,47,48)(H,49,50)(H,51,52)(H,53,54). The number of fused-ring (bicyclic) bond motifs is 2. The lowest BCUT2D eigenvalue weighted by molar-refractivity contribution is -0.138. The molecule has 5 rings (SSSR count). The number of aryl methyl sites for hydroxylation is 1. The van der Waals surface area contributed by atoms with Crippen LogP contribution in [0, 0.1) is 6.92 Å². The molecule has 0 spiro atoms. The maximum Gasteiger partial charge on any atom is 0.323 e. The van der Waals surface area contributed by atoms with Crippen LogP contribution in [-0.4, -0.2) is 102 Å². The topological polar surface area (TPSA) is 177 Å². The first kappa shape index (κ1) is 40.8. The van der Waals surface area contributed by atoms with Crippen molar-refractivity contribution in [2.24, 2.45) is 0 Å². The molecule has 0 atom stereocenters. The third-order valence-corrected chi connectivity index (χ3v) is 9.54. The van der Waals surface area contributed by atoms with Gasteiger partial charge in [-0.25, -0.2) is 0 Å². The number of hydrogen-bond acceptors (Lipinski definition) is 9. The number of carbonyl (C=O) groups is 4. The molecule has 13 nitrogen and oxygen atoms in total. The Hall–Kier alpha value is -6.34. The highest BCUT2D eigenvalue weighted by Crippen LogP contribution is 2.37. The number of hydrogen-bond donors (Lipinski definition) is 4. The summed E-state index contributed by atoms with van der Waals surface area (Å²) in [6, 6.07) is 27.0. The van der Waals surface area contributed by atoms with Crippen LogP contribution >= 0.6 is 0 Å². The van der Waals surface area contributed by atoms with Crippen LogP contribution in [0.2, 0.25) is 0 Å². The largest absolute Gasteiger partial charge is 0.488 e. The fourth-order valence-electron chi connectivity index (χ4n) is 7.00. The normalized spacial score (nSPS) is 11.1. The number of carboxylic acid groups (broad SMARTS) is 4. The number of nitrogens with zero attached hydrogens (tertiary/aromatic N) is 3. The van der Waals surface area contributed by atoms with Crippen LogP contribution in [0.25, 0.3) is 21.5 Å². The van der Waals surface area contributed by atoms with Crippen molar-refractivity contribution in [2.45, 2.75) is 33.7 Å². The molecule has 56 heavy (non-hydrogen) atoms. The molecule has 13 heteroatoms. The van der Waals surface area contributed by atoms with Crippen molar-refractivity contribution in [3.05, 3.63) is 107 Å². The highest BCUT2D eigenvalue weighted by Gasteiger charge is 2.22. The maximum atomic E-state index is 11.9. The summed E-state index contributed by atoms with van der Waals surface area (Å²) in [4.78, 5) is 51.6. The van der Waals surface area contributed by atoms with Gasteiger partial charge < -0.3 is 39.7 Å². The molecule has 5 aromatic carbocycles. The summed E-state index contributed by atoms with van der Waals surface area (Å²) in [6.45, 7) is 6.33. The van der Waals surface area contributed by atoms with Crippen LogP contribution in [0.5, 0.6) is 11.5 Å². The van der Waals surface area contributed by atoms with E-state index in [2.05, 4.69) is 43.0 Å². The van der Waals surface area contributed by atoms with Gasteiger partial charge in [-0.15, -0.1) is 0 Å². The van der Waals surface area contributed by atoms with E-state index in [1.54, 1.807) is 30.3 Å². The molecule has 0 bridgehead atoms. The van der Waals surface area contributed by atoms with Crippen molar-refractivity contribution in [1.82, 2.24) is 4.90 Å².